The minimum absolute atomic E-state index is 0.182. The highest BCUT2D eigenvalue weighted by atomic mass is 16.5. The number of rotatable bonds is 2. The minimum atomic E-state index is -0.182. The Kier molecular flexibility index (Phi) is 3.41. The van der Waals surface area contributed by atoms with Gasteiger partial charge in [0.1, 0.15) is 23.8 Å². The molecular weight excluding hydrogens is 318 g/mol. The van der Waals surface area contributed by atoms with Gasteiger partial charge in [0, 0.05) is 17.5 Å². The summed E-state index contributed by atoms with van der Waals surface area (Å²) < 4.78 is 17.1. The summed E-state index contributed by atoms with van der Waals surface area (Å²) in [6, 6.07) is 7.89. The first kappa shape index (κ1) is 14.8. The first-order chi connectivity index (χ1) is 12.3. The maximum Gasteiger partial charge on any atom is 0.339 e. The zero-order chi connectivity index (χ0) is 16.8. The van der Waals surface area contributed by atoms with Gasteiger partial charge in [-0.25, -0.2) is 4.79 Å². The summed E-state index contributed by atoms with van der Waals surface area (Å²) >= 11 is 0. The Labute approximate surface area is 144 Å². The van der Waals surface area contributed by atoms with Gasteiger partial charge in [0.05, 0.1) is 18.4 Å². The second-order valence-corrected chi connectivity index (χ2v) is 6.81. The van der Waals surface area contributed by atoms with E-state index in [1.54, 1.807) is 6.26 Å². The quantitative estimate of drug-likeness (QED) is 0.669. The highest BCUT2D eigenvalue weighted by molar-refractivity contribution is 5.86. The first-order valence-corrected chi connectivity index (χ1v) is 8.77. The second kappa shape index (κ2) is 5.77. The zero-order valence-corrected chi connectivity index (χ0v) is 13.9. The van der Waals surface area contributed by atoms with Crippen molar-refractivity contribution in [2.24, 2.45) is 0 Å². The summed E-state index contributed by atoms with van der Waals surface area (Å²) in [5.41, 5.74) is 3.50. The van der Waals surface area contributed by atoms with E-state index in [4.69, 9.17) is 13.6 Å². The van der Waals surface area contributed by atoms with Crippen LogP contribution in [0.4, 0.5) is 0 Å². The van der Waals surface area contributed by atoms with Gasteiger partial charge >= 0.3 is 5.63 Å². The average molecular weight is 337 g/mol. The van der Waals surface area contributed by atoms with Crippen molar-refractivity contribution in [3.63, 3.8) is 0 Å². The molecule has 0 atom stereocenters. The molecule has 3 aromatic rings. The molecular formula is C20H19NO4. The SMILES string of the molecule is O=c1oc2c3c(ccc2c2c1CCCC2)OCN(Cc1ccco1)C3. The van der Waals surface area contributed by atoms with Gasteiger partial charge in [0.15, 0.2) is 0 Å². The molecule has 1 aliphatic carbocycles. The second-order valence-electron chi connectivity index (χ2n) is 6.81. The third kappa shape index (κ3) is 2.46. The van der Waals surface area contributed by atoms with E-state index in [9.17, 15) is 4.79 Å². The topological polar surface area (TPSA) is 55.8 Å². The lowest BCUT2D eigenvalue weighted by atomic mass is 9.90. The van der Waals surface area contributed by atoms with E-state index < -0.39 is 0 Å². The van der Waals surface area contributed by atoms with Crippen molar-refractivity contribution in [3.8, 4) is 5.75 Å². The number of fused-ring (bicyclic) bond motifs is 5. The van der Waals surface area contributed by atoms with Crippen LogP contribution in [-0.2, 0) is 25.9 Å². The van der Waals surface area contributed by atoms with Gasteiger partial charge in [0.2, 0.25) is 0 Å². The molecule has 0 amide bonds. The van der Waals surface area contributed by atoms with Crippen LogP contribution < -0.4 is 10.4 Å². The molecule has 0 fully saturated rings. The number of hydrogen-bond donors (Lipinski definition) is 0. The van der Waals surface area contributed by atoms with E-state index in [-0.39, 0.29) is 5.63 Å². The molecule has 3 heterocycles. The Bertz CT molecular complexity index is 987. The highest BCUT2D eigenvalue weighted by Gasteiger charge is 2.25. The maximum absolute atomic E-state index is 12.5. The lowest BCUT2D eigenvalue weighted by Crippen LogP contribution is -2.31. The molecule has 0 saturated heterocycles. The Hall–Kier alpha value is -2.53. The smallest absolute Gasteiger partial charge is 0.339 e. The maximum atomic E-state index is 12.5. The zero-order valence-electron chi connectivity index (χ0n) is 13.9. The van der Waals surface area contributed by atoms with Gasteiger partial charge in [-0.3, -0.25) is 4.90 Å². The van der Waals surface area contributed by atoms with Crippen molar-refractivity contribution in [2.75, 3.05) is 6.73 Å². The third-order valence-electron chi connectivity index (χ3n) is 5.20. The average Bonchev–Trinajstić information content (AvgIpc) is 3.15. The molecule has 1 aromatic carbocycles. The predicted molar refractivity (Wildman–Crippen MR) is 92.6 cm³/mol. The molecule has 1 aliphatic heterocycles. The van der Waals surface area contributed by atoms with Crippen LogP contribution in [0.2, 0.25) is 0 Å². The van der Waals surface area contributed by atoms with E-state index in [1.807, 2.05) is 24.3 Å². The Morgan fingerprint density at radius 1 is 1.04 bits per heavy atom. The van der Waals surface area contributed by atoms with E-state index >= 15 is 0 Å². The van der Waals surface area contributed by atoms with Gasteiger partial charge in [-0.1, -0.05) is 0 Å². The van der Waals surface area contributed by atoms with Crippen molar-refractivity contribution in [1.82, 2.24) is 4.90 Å². The van der Waals surface area contributed by atoms with Crippen LogP contribution in [0.1, 0.15) is 35.3 Å². The molecule has 5 heteroatoms. The van der Waals surface area contributed by atoms with Crippen LogP contribution >= 0.6 is 0 Å². The Balaban J connectivity index is 1.60. The summed E-state index contributed by atoms with van der Waals surface area (Å²) in [5, 5.41) is 1.07. The number of ether oxygens (including phenoxy) is 1. The lowest BCUT2D eigenvalue weighted by molar-refractivity contribution is 0.0826. The van der Waals surface area contributed by atoms with E-state index in [2.05, 4.69) is 4.90 Å². The minimum Gasteiger partial charge on any atom is -0.478 e. The molecule has 5 nitrogen and oxygen atoms in total. The van der Waals surface area contributed by atoms with Crippen molar-refractivity contribution in [3.05, 3.63) is 63.4 Å². The standard InChI is InChI=1S/C20H19NO4/c22-20-16-6-2-1-5-14(16)15-7-8-18-17(19(15)25-20)11-21(12-24-18)10-13-4-3-9-23-13/h3-4,7-9H,1-2,5-6,10-12H2. The van der Waals surface area contributed by atoms with Crippen LogP contribution in [0.15, 0.2) is 44.2 Å². The molecule has 0 saturated carbocycles. The van der Waals surface area contributed by atoms with Gasteiger partial charge in [-0.2, -0.15) is 0 Å². The largest absolute Gasteiger partial charge is 0.478 e. The normalized spacial score (nSPS) is 17.1. The molecule has 0 bridgehead atoms. The van der Waals surface area contributed by atoms with E-state index in [0.29, 0.717) is 25.4 Å². The van der Waals surface area contributed by atoms with Crippen molar-refractivity contribution >= 4 is 11.0 Å². The van der Waals surface area contributed by atoms with E-state index in [1.165, 1.54) is 5.56 Å². The molecule has 0 N–H and O–H groups in total. The summed E-state index contributed by atoms with van der Waals surface area (Å²) in [5.74, 6) is 1.70. The molecule has 2 aromatic heterocycles. The van der Waals surface area contributed by atoms with Crippen molar-refractivity contribution in [2.45, 2.75) is 38.8 Å². The molecule has 0 spiro atoms. The number of hydrogen-bond acceptors (Lipinski definition) is 5. The molecule has 25 heavy (non-hydrogen) atoms. The fraction of sp³-hybridized carbons (Fsp3) is 0.350. The monoisotopic (exact) mass is 337 g/mol. The Morgan fingerprint density at radius 2 is 1.92 bits per heavy atom. The van der Waals surface area contributed by atoms with Crippen LogP contribution in [0, 0.1) is 0 Å². The number of benzene rings is 1. The fourth-order valence-electron chi connectivity index (χ4n) is 3.99. The van der Waals surface area contributed by atoms with Crippen molar-refractivity contribution in [1.29, 1.82) is 0 Å². The molecule has 0 radical (unpaired) electrons. The third-order valence-corrected chi connectivity index (χ3v) is 5.20. The number of aryl methyl sites for hydroxylation is 1. The van der Waals surface area contributed by atoms with Crippen LogP contribution in [0.25, 0.3) is 11.0 Å². The fourth-order valence-corrected chi connectivity index (χ4v) is 3.99. The lowest BCUT2D eigenvalue weighted by Gasteiger charge is -2.29. The molecule has 2 aliphatic rings. The summed E-state index contributed by atoms with van der Waals surface area (Å²) in [6.07, 6.45) is 5.64. The molecule has 0 unspecified atom stereocenters. The molecule has 5 rings (SSSR count). The van der Waals surface area contributed by atoms with Gasteiger partial charge < -0.3 is 13.6 Å². The van der Waals surface area contributed by atoms with Gasteiger partial charge in [-0.15, -0.1) is 0 Å². The van der Waals surface area contributed by atoms with E-state index in [0.717, 1.165) is 53.7 Å². The Morgan fingerprint density at radius 3 is 2.76 bits per heavy atom. The van der Waals surface area contributed by atoms with Crippen LogP contribution in [0.3, 0.4) is 0 Å². The number of nitrogens with zero attached hydrogens (tertiary/aromatic N) is 1. The van der Waals surface area contributed by atoms with Gasteiger partial charge in [0.25, 0.3) is 0 Å². The first-order valence-electron chi connectivity index (χ1n) is 8.77. The number of furan rings is 1. The van der Waals surface area contributed by atoms with Crippen LogP contribution in [0.5, 0.6) is 5.75 Å². The van der Waals surface area contributed by atoms with Crippen LogP contribution in [-0.4, -0.2) is 11.6 Å². The van der Waals surface area contributed by atoms with Crippen molar-refractivity contribution < 1.29 is 13.6 Å². The van der Waals surface area contributed by atoms with Gasteiger partial charge in [-0.05, 0) is 55.5 Å². The predicted octanol–water partition coefficient (Wildman–Crippen LogP) is 3.62. The molecule has 128 valence electrons. The summed E-state index contributed by atoms with van der Waals surface area (Å²) in [6.45, 7) is 1.83. The summed E-state index contributed by atoms with van der Waals surface area (Å²) in [7, 11) is 0. The summed E-state index contributed by atoms with van der Waals surface area (Å²) in [4.78, 5) is 14.6. The highest BCUT2D eigenvalue weighted by Crippen LogP contribution is 2.35.